The molecule has 0 aliphatic carbocycles. The second-order valence-electron chi connectivity index (χ2n) is 7.66. The average molecular weight is 469 g/mol. The molecule has 34 heavy (non-hydrogen) atoms. The molecule has 168 valence electrons. The Bertz CT molecular complexity index is 1360. The van der Waals surface area contributed by atoms with Crippen molar-refractivity contribution in [2.45, 2.75) is 6.61 Å². The van der Waals surface area contributed by atoms with Crippen LogP contribution in [0.15, 0.2) is 64.8 Å². The van der Waals surface area contributed by atoms with Crippen LogP contribution in [0, 0.1) is 22.7 Å². The van der Waals surface area contributed by atoms with E-state index in [1.165, 1.54) is 11.3 Å². The summed E-state index contributed by atoms with van der Waals surface area (Å²) in [4.78, 5) is 7.77. The van der Waals surface area contributed by atoms with Crippen molar-refractivity contribution in [3.63, 3.8) is 0 Å². The Morgan fingerprint density at radius 1 is 1.03 bits per heavy atom. The van der Waals surface area contributed by atoms with E-state index in [-0.39, 0.29) is 12.5 Å². The van der Waals surface area contributed by atoms with Gasteiger partial charge in [-0.1, -0.05) is 12.1 Å². The summed E-state index contributed by atoms with van der Waals surface area (Å²) < 4.78 is 16.7. The van der Waals surface area contributed by atoms with Crippen LogP contribution in [0.25, 0.3) is 22.4 Å². The molecule has 0 unspecified atom stereocenters. The fourth-order valence-corrected chi connectivity index (χ4v) is 4.61. The molecule has 8 heteroatoms. The minimum Gasteiger partial charge on any atom is -0.472 e. The largest absolute Gasteiger partial charge is 0.472 e. The summed E-state index contributed by atoms with van der Waals surface area (Å²) in [6, 6.07) is 18.0. The van der Waals surface area contributed by atoms with Crippen LogP contribution in [-0.4, -0.2) is 31.3 Å². The molecule has 4 aromatic rings. The minimum absolute atomic E-state index is 0.159. The van der Waals surface area contributed by atoms with Crippen molar-refractivity contribution in [1.29, 1.82) is 10.5 Å². The van der Waals surface area contributed by atoms with E-state index >= 15 is 0 Å². The number of anilines is 1. The fraction of sp³-hybridized carbons (Fsp3) is 0.192. The van der Waals surface area contributed by atoms with Gasteiger partial charge in [0.05, 0.1) is 41.9 Å². The Hall–Kier alpha value is -4.11. The Balaban J connectivity index is 1.52. The van der Waals surface area contributed by atoms with E-state index in [0.29, 0.717) is 22.4 Å². The highest BCUT2D eigenvalue weighted by atomic mass is 32.1. The number of pyridine rings is 1. The first kappa shape index (κ1) is 21.7. The standard InChI is InChI=1S/C26H20N4O3S/c27-14-19-6-12-34-25(19)17-33-26-23(15-28)22(20-5-9-32-16-20)13-24(29-26)18-1-3-21(4-2-18)30-7-10-31-11-8-30/h1-6,9,12-13,16H,7-8,10-11,17H2. The molecule has 7 nitrogen and oxygen atoms in total. The summed E-state index contributed by atoms with van der Waals surface area (Å²) in [7, 11) is 0. The number of nitriles is 2. The second kappa shape index (κ2) is 9.80. The molecule has 5 rings (SSSR count). The molecule has 0 radical (unpaired) electrons. The lowest BCUT2D eigenvalue weighted by Crippen LogP contribution is -2.36. The van der Waals surface area contributed by atoms with Crippen molar-refractivity contribution in [2.75, 3.05) is 31.2 Å². The van der Waals surface area contributed by atoms with Crippen LogP contribution < -0.4 is 9.64 Å². The zero-order chi connectivity index (χ0) is 23.3. The molecule has 0 amide bonds. The maximum Gasteiger partial charge on any atom is 0.233 e. The molecule has 1 aliphatic heterocycles. The lowest BCUT2D eigenvalue weighted by Gasteiger charge is -2.28. The van der Waals surface area contributed by atoms with Crippen molar-refractivity contribution < 1.29 is 13.9 Å². The summed E-state index contributed by atoms with van der Waals surface area (Å²) in [6.45, 7) is 3.35. The van der Waals surface area contributed by atoms with Crippen molar-refractivity contribution in [3.05, 3.63) is 76.4 Å². The normalized spacial score (nSPS) is 13.3. The average Bonchev–Trinajstić information content (AvgIpc) is 3.60. The van der Waals surface area contributed by atoms with Crippen LogP contribution in [0.3, 0.4) is 0 Å². The summed E-state index contributed by atoms with van der Waals surface area (Å²) in [5, 5.41) is 21.1. The van der Waals surface area contributed by atoms with Crippen LogP contribution in [0.4, 0.5) is 5.69 Å². The molecule has 1 aliphatic rings. The van der Waals surface area contributed by atoms with Gasteiger partial charge in [-0.15, -0.1) is 11.3 Å². The molecule has 3 aromatic heterocycles. The lowest BCUT2D eigenvalue weighted by atomic mass is 10.0. The number of nitrogens with zero attached hydrogens (tertiary/aromatic N) is 4. The number of hydrogen-bond donors (Lipinski definition) is 0. The predicted octanol–water partition coefficient (Wildman–Crippen LogP) is 5.23. The molecule has 0 N–H and O–H groups in total. The second-order valence-corrected chi connectivity index (χ2v) is 8.66. The highest BCUT2D eigenvalue weighted by Crippen LogP contribution is 2.35. The molecule has 1 saturated heterocycles. The van der Waals surface area contributed by atoms with Crippen molar-refractivity contribution in [1.82, 2.24) is 4.98 Å². The highest BCUT2D eigenvalue weighted by molar-refractivity contribution is 7.10. The minimum atomic E-state index is 0.159. The van der Waals surface area contributed by atoms with Crippen LogP contribution in [0.5, 0.6) is 5.88 Å². The lowest BCUT2D eigenvalue weighted by molar-refractivity contribution is 0.122. The third-order valence-corrected chi connectivity index (χ3v) is 6.57. The number of thiophene rings is 1. The Morgan fingerprint density at radius 3 is 2.56 bits per heavy atom. The van der Waals surface area contributed by atoms with E-state index < -0.39 is 0 Å². The van der Waals surface area contributed by atoms with Gasteiger partial charge in [0, 0.05) is 35.5 Å². The first-order valence-electron chi connectivity index (χ1n) is 10.8. The zero-order valence-electron chi connectivity index (χ0n) is 18.2. The van der Waals surface area contributed by atoms with E-state index in [4.69, 9.17) is 18.9 Å². The van der Waals surface area contributed by atoms with Gasteiger partial charge in [-0.2, -0.15) is 10.5 Å². The Labute approximate surface area is 201 Å². The van der Waals surface area contributed by atoms with E-state index in [9.17, 15) is 10.5 Å². The SMILES string of the molecule is N#Cc1ccsc1COc1nc(-c2ccc(N3CCOCC3)cc2)cc(-c2ccoc2)c1C#N. The molecule has 0 saturated carbocycles. The number of morpholine rings is 1. The summed E-state index contributed by atoms with van der Waals surface area (Å²) in [5.41, 5.74) is 5.06. The first-order chi connectivity index (χ1) is 16.8. The third kappa shape index (κ3) is 4.38. The third-order valence-electron chi connectivity index (χ3n) is 5.68. The summed E-state index contributed by atoms with van der Waals surface area (Å²) in [5.74, 6) is 0.228. The zero-order valence-corrected chi connectivity index (χ0v) is 19.0. The van der Waals surface area contributed by atoms with Crippen LogP contribution in [0.1, 0.15) is 16.0 Å². The number of ether oxygens (including phenoxy) is 2. The number of benzene rings is 1. The molecule has 4 heterocycles. The monoisotopic (exact) mass is 468 g/mol. The molecular formula is C26H20N4O3S. The van der Waals surface area contributed by atoms with Gasteiger partial charge in [-0.25, -0.2) is 4.98 Å². The van der Waals surface area contributed by atoms with Gasteiger partial charge in [0.25, 0.3) is 0 Å². The smallest absolute Gasteiger partial charge is 0.233 e. The summed E-state index contributed by atoms with van der Waals surface area (Å²) >= 11 is 1.44. The topological polar surface area (TPSA) is 95.3 Å². The van der Waals surface area contributed by atoms with Crippen LogP contribution in [0.2, 0.25) is 0 Å². The number of aromatic nitrogens is 1. The molecule has 0 spiro atoms. The van der Waals surface area contributed by atoms with Gasteiger partial charge in [-0.05, 0) is 35.7 Å². The van der Waals surface area contributed by atoms with Gasteiger partial charge in [0.2, 0.25) is 5.88 Å². The van der Waals surface area contributed by atoms with Crippen molar-refractivity contribution in [3.8, 4) is 40.4 Å². The highest BCUT2D eigenvalue weighted by Gasteiger charge is 2.19. The number of furan rings is 1. The molecule has 0 bridgehead atoms. The van der Waals surface area contributed by atoms with E-state index in [0.717, 1.165) is 48.0 Å². The maximum absolute atomic E-state index is 9.93. The number of hydrogen-bond acceptors (Lipinski definition) is 8. The Morgan fingerprint density at radius 2 is 1.85 bits per heavy atom. The van der Waals surface area contributed by atoms with Gasteiger partial charge in [0.15, 0.2) is 0 Å². The molecule has 1 aromatic carbocycles. The van der Waals surface area contributed by atoms with Gasteiger partial charge in [-0.3, -0.25) is 0 Å². The van der Waals surface area contributed by atoms with Gasteiger partial charge < -0.3 is 18.8 Å². The van der Waals surface area contributed by atoms with E-state index in [1.54, 1.807) is 24.7 Å². The molecule has 0 atom stereocenters. The van der Waals surface area contributed by atoms with Crippen LogP contribution in [-0.2, 0) is 11.3 Å². The maximum atomic E-state index is 9.93. The Kier molecular flexibility index (Phi) is 6.26. The summed E-state index contributed by atoms with van der Waals surface area (Å²) in [6.07, 6.45) is 3.16. The van der Waals surface area contributed by atoms with Gasteiger partial charge >= 0.3 is 0 Å². The van der Waals surface area contributed by atoms with Crippen LogP contribution >= 0.6 is 11.3 Å². The van der Waals surface area contributed by atoms with E-state index in [1.807, 2.05) is 23.6 Å². The molecular weight excluding hydrogens is 448 g/mol. The quantitative estimate of drug-likeness (QED) is 0.382. The van der Waals surface area contributed by atoms with Gasteiger partial charge in [0.1, 0.15) is 24.3 Å². The van der Waals surface area contributed by atoms with E-state index in [2.05, 4.69) is 29.2 Å². The molecule has 1 fully saturated rings. The van der Waals surface area contributed by atoms with Crippen molar-refractivity contribution in [2.24, 2.45) is 0 Å². The first-order valence-corrected chi connectivity index (χ1v) is 11.6. The fourth-order valence-electron chi connectivity index (χ4n) is 3.88. The van der Waals surface area contributed by atoms with Crippen molar-refractivity contribution >= 4 is 17.0 Å². The predicted molar refractivity (Wildman–Crippen MR) is 128 cm³/mol. The number of rotatable bonds is 6.